The average Bonchev–Trinajstić information content (AvgIpc) is 3.27. The highest BCUT2D eigenvalue weighted by Crippen LogP contribution is 2.35. The molecule has 2 heterocycles. The summed E-state index contributed by atoms with van der Waals surface area (Å²) in [6, 6.07) is 67.5. The van der Waals surface area contributed by atoms with Gasteiger partial charge in [0.1, 0.15) is 0 Å². The van der Waals surface area contributed by atoms with Crippen LogP contribution < -0.4 is 0 Å². The normalized spacial score (nSPS) is 11.0. The predicted molar refractivity (Wildman–Crippen MR) is 221 cm³/mol. The van der Waals surface area contributed by atoms with Gasteiger partial charge in [-0.1, -0.05) is 170 Å². The first-order valence-corrected chi connectivity index (χ1v) is 18.0. The van der Waals surface area contributed by atoms with E-state index in [1.165, 1.54) is 11.1 Å². The number of nitrogens with zero attached hydrogens (tertiary/aromatic N) is 4. The van der Waals surface area contributed by atoms with Gasteiger partial charge >= 0.3 is 0 Å². The number of hydrogen-bond donors (Lipinski definition) is 0. The zero-order chi connectivity index (χ0) is 36.1. The molecule has 0 atom stereocenters. The molecule has 0 fully saturated rings. The molecule has 0 saturated heterocycles. The van der Waals surface area contributed by atoms with E-state index in [0.717, 1.165) is 61.2 Å². The molecule has 0 unspecified atom stereocenters. The van der Waals surface area contributed by atoms with E-state index in [1.807, 2.05) is 30.5 Å². The summed E-state index contributed by atoms with van der Waals surface area (Å²) in [7, 11) is 0. The molecule has 0 saturated carbocycles. The van der Waals surface area contributed by atoms with E-state index < -0.39 is 0 Å². The minimum absolute atomic E-state index is 0.611. The Hall–Kier alpha value is -7.30. The van der Waals surface area contributed by atoms with Crippen LogP contribution in [0.15, 0.2) is 207 Å². The van der Waals surface area contributed by atoms with Gasteiger partial charge in [0, 0.05) is 29.1 Å². The predicted octanol–water partition coefficient (Wildman–Crippen LogP) is 12.6. The highest BCUT2D eigenvalue weighted by atomic mass is 15.0. The van der Waals surface area contributed by atoms with Gasteiger partial charge in [0.25, 0.3) is 0 Å². The maximum Gasteiger partial charge on any atom is 0.164 e. The number of hydrogen-bond acceptors (Lipinski definition) is 4. The Morgan fingerprint density at radius 1 is 0.222 bits per heavy atom. The highest BCUT2D eigenvalue weighted by molar-refractivity contribution is 5.81. The van der Waals surface area contributed by atoms with Crippen LogP contribution in [-0.4, -0.2) is 19.9 Å². The van der Waals surface area contributed by atoms with Gasteiger partial charge < -0.3 is 0 Å². The molecule has 4 nitrogen and oxygen atoms in total. The van der Waals surface area contributed by atoms with Gasteiger partial charge in [-0.2, -0.15) is 0 Å². The molecule has 9 rings (SSSR count). The smallest absolute Gasteiger partial charge is 0.164 e. The van der Waals surface area contributed by atoms with Crippen molar-refractivity contribution in [3.8, 4) is 89.8 Å². The van der Waals surface area contributed by atoms with E-state index in [0.29, 0.717) is 17.5 Å². The minimum atomic E-state index is 0.611. The van der Waals surface area contributed by atoms with Gasteiger partial charge in [-0.3, -0.25) is 4.98 Å². The summed E-state index contributed by atoms with van der Waals surface area (Å²) in [5.74, 6) is 1.85. The Morgan fingerprint density at radius 3 is 0.926 bits per heavy atom. The van der Waals surface area contributed by atoms with Crippen molar-refractivity contribution < 1.29 is 0 Å². The van der Waals surface area contributed by atoms with Crippen LogP contribution in [0.3, 0.4) is 0 Å². The van der Waals surface area contributed by atoms with Gasteiger partial charge in [-0.25, -0.2) is 15.0 Å². The van der Waals surface area contributed by atoms with Crippen LogP contribution in [0.25, 0.3) is 89.8 Å². The fourth-order valence-corrected chi connectivity index (χ4v) is 6.76. The van der Waals surface area contributed by atoms with Gasteiger partial charge in [0.15, 0.2) is 17.5 Å². The Labute approximate surface area is 315 Å². The van der Waals surface area contributed by atoms with E-state index in [9.17, 15) is 0 Å². The monoisotopic (exact) mass is 690 g/mol. The van der Waals surface area contributed by atoms with Crippen LogP contribution in [0.5, 0.6) is 0 Å². The Kier molecular flexibility index (Phi) is 8.90. The molecule has 0 aliphatic carbocycles. The first-order chi connectivity index (χ1) is 26.7. The van der Waals surface area contributed by atoms with Crippen molar-refractivity contribution in [3.63, 3.8) is 0 Å². The maximum atomic E-state index is 5.16. The average molecular weight is 691 g/mol. The zero-order valence-electron chi connectivity index (χ0n) is 29.4. The molecule has 0 amide bonds. The topological polar surface area (TPSA) is 51.6 Å². The van der Waals surface area contributed by atoms with Crippen LogP contribution in [0.1, 0.15) is 0 Å². The molecular weight excluding hydrogens is 657 g/mol. The number of rotatable bonds is 8. The number of pyridine rings is 1. The number of aromatic nitrogens is 4. The van der Waals surface area contributed by atoms with Gasteiger partial charge in [-0.15, -0.1) is 0 Å². The van der Waals surface area contributed by atoms with E-state index in [2.05, 4.69) is 175 Å². The van der Waals surface area contributed by atoms with Crippen LogP contribution in [-0.2, 0) is 0 Å². The second-order valence-corrected chi connectivity index (χ2v) is 13.2. The number of benzene rings is 7. The first-order valence-electron chi connectivity index (χ1n) is 18.0. The molecule has 0 bridgehead atoms. The minimum Gasteiger partial charge on any atom is -0.264 e. The van der Waals surface area contributed by atoms with E-state index in [1.54, 1.807) is 6.20 Å². The summed E-state index contributed by atoms with van der Waals surface area (Å²) in [6.45, 7) is 0. The molecule has 0 radical (unpaired) electrons. The van der Waals surface area contributed by atoms with Crippen molar-refractivity contribution in [1.82, 2.24) is 19.9 Å². The molecule has 0 aliphatic rings. The van der Waals surface area contributed by atoms with Crippen LogP contribution in [0.2, 0.25) is 0 Å². The van der Waals surface area contributed by atoms with Gasteiger partial charge in [0.05, 0.1) is 0 Å². The lowest BCUT2D eigenvalue weighted by atomic mass is 9.94. The molecule has 0 aliphatic heterocycles. The van der Waals surface area contributed by atoms with Crippen molar-refractivity contribution in [3.05, 3.63) is 207 Å². The third kappa shape index (κ3) is 6.97. The van der Waals surface area contributed by atoms with Crippen LogP contribution in [0.4, 0.5) is 0 Å². The molecule has 9 aromatic rings. The van der Waals surface area contributed by atoms with Crippen molar-refractivity contribution in [1.29, 1.82) is 0 Å². The third-order valence-electron chi connectivity index (χ3n) is 9.65. The molecule has 0 N–H and O–H groups in total. The van der Waals surface area contributed by atoms with E-state index >= 15 is 0 Å². The molecule has 4 heteroatoms. The Balaban J connectivity index is 1.17. The Morgan fingerprint density at radius 2 is 0.519 bits per heavy atom. The van der Waals surface area contributed by atoms with E-state index in [-0.39, 0.29) is 0 Å². The van der Waals surface area contributed by atoms with Crippen molar-refractivity contribution in [2.45, 2.75) is 0 Å². The Bertz CT molecular complexity index is 2540. The highest BCUT2D eigenvalue weighted by Gasteiger charge is 2.16. The first kappa shape index (κ1) is 32.6. The second-order valence-electron chi connectivity index (χ2n) is 13.2. The summed E-state index contributed by atoms with van der Waals surface area (Å²) < 4.78 is 0. The lowest BCUT2D eigenvalue weighted by molar-refractivity contribution is 1.07. The van der Waals surface area contributed by atoms with Crippen molar-refractivity contribution in [2.24, 2.45) is 0 Å². The SMILES string of the molecule is c1ccc(-c2ccc(-c3nc(-c4ccc(-c5ccccc5)cc4)nc(-c4cc(-c5ccccc5)cc(-c5ccc(-c6cccnc6)cc5)c4)n3)cc2)cc1. The lowest BCUT2D eigenvalue weighted by Gasteiger charge is -2.13. The fraction of sp³-hybridized carbons (Fsp3) is 0. The quantitative estimate of drug-likeness (QED) is 0.159. The summed E-state index contributed by atoms with van der Waals surface area (Å²) in [5, 5.41) is 0. The zero-order valence-corrected chi connectivity index (χ0v) is 29.4. The molecule has 7 aromatic carbocycles. The van der Waals surface area contributed by atoms with E-state index in [4.69, 9.17) is 15.0 Å². The van der Waals surface area contributed by atoms with Crippen molar-refractivity contribution >= 4 is 0 Å². The van der Waals surface area contributed by atoms with Crippen LogP contribution in [0, 0.1) is 0 Å². The largest absolute Gasteiger partial charge is 0.264 e. The maximum absolute atomic E-state index is 5.16. The standard InChI is InChI=1S/C50H34N4/c1-4-11-35(12-5-1)38-22-26-42(27-23-38)48-52-49(43-28-24-39(25-29-43)36-13-6-2-7-14-36)54-50(53-48)47-32-45(37-15-8-3-9-16-37)31-46(33-47)41-20-18-40(19-21-41)44-17-10-30-51-34-44/h1-34H. The third-order valence-corrected chi connectivity index (χ3v) is 9.65. The van der Waals surface area contributed by atoms with Crippen molar-refractivity contribution in [2.75, 3.05) is 0 Å². The molecule has 0 spiro atoms. The molecule has 2 aromatic heterocycles. The lowest BCUT2D eigenvalue weighted by Crippen LogP contribution is -2.00. The summed E-state index contributed by atoms with van der Waals surface area (Å²) in [6.07, 6.45) is 3.69. The van der Waals surface area contributed by atoms with Gasteiger partial charge in [0.2, 0.25) is 0 Å². The second kappa shape index (κ2) is 14.7. The molecule has 54 heavy (non-hydrogen) atoms. The summed E-state index contributed by atoms with van der Waals surface area (Å²) in [4.78, 5) is 19.7. The molecule has 254 valence electrons. The molecular formula is C50H34N4. The van der Waals surface area contributed by atoms with Gasteiger partial charge in [-0.05, 0) is 79.9 Å². The fourth-order valence-electron chi connectivity index (χ4n) is 6.76. The summed E-state index contributed by atoms with van der Waals surface area (Å²) in [5.41, 5.74) is 14.0. The van der Waals surface area contributed by atoms with Crippen LogP contribution >= 0.6 is 0 Å². The summed E-state index contributed by atoms with van der Waals surface area (Å²) >= 11 is 0.